The number of amides is 1. The smallest absolute Gasteiger partial charge is 0.243 e. The Labute approximate surface area is 170 Å². The van der Waals surface area contributed by atoms with Gasteiger partial charge in [-0.2, -0.15) is 5.26 Å². The van der Waals surface area contributed by atoms with Gasteiger partial charge in [-0.25, -0.2) is 4.39 Å². The van der Waals surface area contributed by atoms with Gasteiger partial charge < -0.3 is 10.2 Å². The van der Waals surface area contributed by atoms with Crippen LogP contribution in [0.1, 0.15) is 22.3 Å². The molecule has 2 aromatic rings. The molecule has 1 fully saturated rings. The fourth-order valence-electron chi connectivity index (χ4n) is 4.71. The van der Waals surface area contributed by atoms with E-state index in [1.54, 1.807) is 18.0 Å². The van der Waals surface area contributed by atoms with Gasteiger partial charge in [0.05, 0.1) is 11.6 Å². The summed E-state index contributed by atoms with van der Waals surface area (Å²) in [6.07, 6.45) is 1.39. The van der Waals surface area contributed by atoms with Crippen LogP contribution in [0.5, 0.6) is 0 Å². The van der Waals surface area contributed by atoms with Crippen LogP contribution >= 0.6 is 0 Å². The van der Waals surface area contributed by atoms with Gasteiger partial charge in [0.1, 0.15) is 11.4 Å². The van der Waals surface area contributed by atoms with Crippen LogP contribution in [-0.4, -0.2) is 54.5 Å². The molecule has 2 aromatic carbocycles. The summed E-state index contributed by atoms with van der Waals surface area (Å²) in [5.41, 5.74) is 2.75. The molecule has 4 rings (SSSR count). The molecule has 1 aliphatic carbocycles. The molecule has 1 N–H and O–H groups in total. The highest BCUT2D eigenvalue weighted by Gasteiger charge is 2.49. The minimum Gasteiger partial charge on any atom is -0.340 e. The molecule has 1 saturated heterocycles. The van der Waals surface area contributed by atoms with E-state index in [1.807, 2.05) is 18.2 Å². The molecule has 0 spiro atoms. The monoisotopic (exact) mass is 392 g/mol. The molecule has 0 saturated carbocycles. The summed E-state index contributed by atoms with van der Waals surface area (Å²) in [6.45, 7) is 3.66. The molecule has 5 nitrogen and oxygen atoms in total. The fourth-order valence-corrected chi connectivity index (χ4v) is 4.71. The lowest BCUT2D eigenvalue weighted by molar-refractivity contribution is -0.144. The standard InChI is InChI=1S/C23H25FN4O/c1-27(16-18-10-17(15-25)11-21(24)12-18)22(29)23(28-8-6-26-7-9-28)13-19-4-2-3-5-20(19)14-23/h2-5,10-12,26H,6-9,13-14,16H2,1H3. The number of rotatable bonds is 4. The maximum Gasteiger partial charge on any atom is 0.243 e. The summed E-state index contributed by atoms with van der Waals surface area (Å²) < 4.78 is 13.8. The Hall–Kier alpha value is -2.75. The highest BCUT2D eigenvalue weighted by molar-refractivity contribution is 5.88. The molecule has 0 unspecified atom stereocenters. The second kappa shape index (κ2) is 7.94. The molecule has 1 amide bonds. The first kappa shape index (κ1) is 19.6. The largest absolute Gasteiger partial charge is 0.340 e. The van der Waals surface area contributed by atoms with Crippen molar-refractivity contribution in [3.63, 3.8) is 0 Å². The van der Waals surface area contributed by atoms with Crippen LogP contribution in [0.2, 0.25) is 0 Å². The number of hydrogen-bond acceptors (Lipinski definition) is 4. The summed E-state index contributed by atoms with van der Waals surface area (Å²) in [5, 5.41) is 12.5. The number of halogens is 1. The normalized spacial score (nSPS) is 18.1. The third-order valence-corrected chi connectivity index (χ3v) is 6.06. The zero-order valence-corrected chi connectivity index (χ0v) is 16.6. The number of fused-ring (bicyclic) bond motifs is 1. The number of nitriles is 1. The minimum absolute atomic E-state index is 0.0540. The van der Waals surface area contributed by atoms with Gasteiger partial charge in [-0.3, -0.25) is 9.69 Å². The number of nitrogens with one attached hydrogen (secondary N) is 1. The number of piperazine rings is 1. The average Bonchev–Trinajstić information content (AvgIpc) is 3.14. The number of carbonyl (C=O) groups excluding carboxylic acids is 1. The number of carbonyl (C=O) groups is 1. The number of nitrogens with zero attached hydrogens (tertiary/aromatic N) is 3. The number of likely N-dealkylation sites (N-methyl/N-ethyl adjacent to an activating group) is 1. The van der Waals surface area contributed by atoms with Gasteiger partial charge in [-0.05, 0) is 34.9 Å². The Bertz CT molecular complexity index is 937. The van der Waals surface area contributed by atoms with Crippen LogP contribution in [0.15, 0.2) is 42.5 Å². The SMILES string of the molecule is CN(Cc1cc(F)cc(C#N)c1)C(=O)C1(N2CCNCC2)Cc2ccccc2C1. The quantitative estimate of drug-likeness (QED) is 0.866. The van der Waals surface area contributed by atoms with Crippen LogP contribution in [0, 0.1) is 17.1 Å². The first-order valence-electron chi connectivity index (χ1n) is 9.99. The summed E-state index contributed by atoms with van der Waals surface area (Å²) in [4.78, 5) is 17.8. The van der Waals surface area contributed by atoms with Gasteiger partial charge in [0.25, 0.3) is 0 Å². The highest BCUT2D eigenvalue weighted by atomic mass is 19.1. The molecule has 1 aliphatic heterocycles. The Morgan fingerprint density at radius 1 is 1.21 bits per heavy atom. The summed E-state index contributed by atoms with van der Waals surface area (Å²) >= 11 is 0. The molecule has 0 aromatic heterocycles. The second-order valence-corrected chi connectivity index (χ2v) is 8.01. The molecule has 2 aliphatic rings. The van der Waals surface area contributed by atoms with Crippen LogP contribution in [0.3, 0.4) is 0 Å². The van der Waals surface area contributed by atoms with Crippen LogP contribution in [-0.2, 0) is 24.2 Å². The van der Waals surface area contributed by atoms with E-state index in [0.29, 0.717) is 18.4 Å². The van der Waals surface area contributed by atoms with E-state index in [-0.39, 0.29) is 18.0 Å². The summed E-state index contributed by atoms with van der Waals surface area (Å²) in [7, 11) is 1.77. The van der Waals surface area contributed by atoms with Gasteiger partial charge in [-0.1, -0.05) is 24.3 Å². The zero-order valence-electron chi connectivity index (χ0n) is 16.6. The van der Waals surface area contributed by atoms with Gasteiger partial charge in [-0.15, -0.1) is 0 Å². The third kappa shape index (κ3) is 3.76. The van der Waals surface area contributed by atoms with E-state index in [9.17, 15) is 9.18 Å². The van der Waals surface area contributed by atoms with Crippen molar-refractivity contribution < 1.29 is 9.18 Å². The maximum absolute atomic E-state index is 13.8. The van der Waals surface area contributed by atoms with Crippen molar-refractivity contribution in [1.29, 1.82) is 5.26 Å². The lowest BCUT2D eigenvalue weighted by atomic mass is 9.90. The summed E-state index contributed by atoms with van der Waals surface area (Å²) in [5.74, 6) is -0.400. The Balaban J connectivity index is 1.62. The Morgan fingerprint density at radius 2 is 1.86 bits per heavy atom. The van der Waals surface area contributed by atoms with Gasteiger partial charge >= 0.3 is 0 Å². The molecule has 150 valence electrons. The van der Waals surface area contributed by atoms with Crippen LogP contribution in [0.25, 0.3) is 0 Å². The van der Waals surface area contributed by atoms with E-state index in [4.69, 9.17) is 5.26 Å². The third-order valence-electron chi connectivity index (χ3n) is 6.06. The predicted molar refractivity (Wildman–Crippen MR) is 109 cm³/mol. The molecule has 0 bridgehead atoms. The van der Waals surface area contributed by atoms with Crippen molar-refractivity contribution in [3.8, 4) is 6.07 Å². The summed E-state index contributed by atoms with van der Waals surface area (Å²) in [6, 6.07) is 14.5. The zero-order chi connectivity index (χ0) is 20.4. The Morgan fingerprint density at radius 3 is 2.48 bits per heavy atom. The lowest BCUT2D eigenvalue weighted by Gasteiger charge is -2.44. The number of benzene rings is 2. The van der Waals surface area contributed by atoms with Crippen molar-refractivity contribution in [2.24, 2.45) is 0 Å². The first-order valence-corrected chi connectivity index (χ1v) is 9.99. The molecule has 6 heteroatoms. The molecule has 0 atom stereocenters. The maximum atomic E-state index is 13.8. The van der Waals surface area contributed by atoms with Gasteiger partial charge in [0, 0.05) is 52.6 Å². The van der Waals surface area contributed by atoms with Crippen molar-refractivity contribution in [1.82, 2.24) is 15.1 Å². The minimum atomic E-state index is -0.605. The molecule has 0 radical (unpaired) electrons. The van der Waals surface area contributed by atoms with Crippen molar-refractivity contribution in [3.05, 3.63) is 70.5 Å². The molecule has 29 heavy (non-hydrogen) atoms. The van der Waals surface area contributed by atoms with Crippen LogP contribution < -0.4 is 5.32 Å². The van der Waals surface area contributed by atoms with Gasteiger partial charge in [0.2, 0.25) is 5.91 Å². The average molecular weight is 392 g/mol. The topological polar surface area (TPSA) is 59.4 Å². The number of hydrogen-bond donors (Lipinski definition) is 1. The first-order chi connectivity index (χ1) is 14.0. The fraction of sp³-hybridized carbons (Fsp3) is 0.391. The lowest BCUT2D eigenvalue weighted by Crippen LogP contribution is -2.63. The van der Waals surface area contributed by atoms with Crippen molar-refractivity contribution in [2.75, 3.05) is 33.2 Å². The van der Waals surface area contributed by atoms with Crippen molar-refractivity contribution >= 4 is 5.91 Å². The van der Waals surface area contributed by atoms with E-state index in [1.165, 1.54) is 23.3 Å². The van der Waals surface area contributed by atoms with Crippen LogP contribution in [0.4, 0.5) is 4.39 Å². The van der Waals surface area contributed by atoms with E-state index in [0.717, 1.165) is 26.2 Å². The second-order valence-electron chi connectivity index (χ2n) is 8.01. The molecular formula is C23H25FN4O. The molecular weight excluding hydrogens is 367 g/mol. The van der Waals surface area contributed by atoms with E-state index >= 15 is 0 Å². The van der Waals surface area contributed by atoms with E-state index in [2.05, 4.69) is 22.3 Å². The predicted octanol–water partition coefficient (Wildman–Crippen LogP) is 2.10. The van der Waals surface area contributed by atoms with Gasteiger partial charge in [0.15, 0.2) is 0 Å². The molecule has 1 heterocycles. The van der Waals surface area contributed by atoms with E-state index < -0.39 is 11.4 Å². The Kier molecular flexibility index (Phi) is 5.35. The van der Waals surface area contributed by atoms with Crippen molar-refractivity contribution in [2.45, 2.75) is 24.9 Å². The highest BCUT2D eigenvalue weighted by Crippen LogP contribution is 2.36.